The Kier molecular flexibility index (Phi) is 5.78. The highest BCUT2D eigenvalue weighted by atomic mass is 16.5. The second-order valence-electron chi connectivity index (χ2n) is 3.65. The van der Waals surface area contributed by atoms with Gasteiger partial charge in [-0.3, -0.25) is 0 Å². The van der Waals surface area contributed by atoms with Crippen molar-refractivity contribution in [1.82, 2.24) is 0 Å². The van der Waals surface area contributed by atoms with Crippen LogP contribution in [0.2, 0.25) is 0 Å². The molecule has 0 unspecified atom stereocenters. The Balaban J connectivity index is 2.27. The van der Waals surface area contributed by atoms with Crippen LogP contribution in [0.25, 0.3) is 0 Å². The molecule has 2 atom stereocenters. The number of benzene rings is 1. The van der Waals surface area contributed by atoms with Crippen molar-refractivity contribution in [3.8, 4) is 0 Å². The van der Waals surface area contributed by atoms with E-state index in [0.717, 1.165) is 5.56 Å². The van der Waals surface area contributed by atoms with Gasteiger partial charge < -0.3 is 14.9 Å². The van der Waals surface area contributed by atoms with Crippen LogP contribution in [0, 0.1) is 5.92 Å². The Morgan fingerprint density at radius 2 is 2.00 bits per heavy atom. The second kappa shape index (κ2) is 7.17. The van der Waals surface area contributed by atoms with Gasteiger partial charge in [0.25, 0.3) is 0 Å². The SMILES string of the molecule is C=C[C@H](CO)[C@H](O)COCc1ccccc1. The van der Waals surface area contributed by atoms with E-state index < -0.39 is 6.10 Å². The summed E-state index contributed by atoms with van der Waals surface area (Å²) in [5, 5.41) is 18.6. The first-order chi connectivity index (χ1) is 7.77. The molecule has 0 bridgehead atoms. The number of rotatable bonds is 7. The van der Waals surface area contributed by atoms with Gasteiger partial charge in [-0.25, -0.2) is 0 Å². The van der Waals surface area contributed by atoms with E-state index in [9.17, 15) is 5.11 Å². The molecular formula is C13H18O3. The molecule has 3 heteroatoms. The zero-order valence-electron chi connectivity index (χ0n) is 9.25. The first kappa shape index (κ1) is 12.9. The predicted octanol–water partition coefficient (Wildman–Crippen LogP) is 1.36. The van der Waals surface area contributed by atoms with Gasteiger partial charge in [-0.15, -0.1) is 6.58 Å². The van der Waals surface area contributed by atoms with Crippen LogP contribution < -0.4 is 0 Å². The van der Waals surface area contributed by atoms with E-state index in [2.05, 4.69) is 6.58 Å². The van der Waals surface area contributed by atoms with Gasteiger partial charge in [0.2, 0.25) is 0 Å². The largest absolute Gasteiger partial charge is 0.396 e. The fraction of sp³-hybridized carbons (Fsp3) is 0.385. The van der Waals surface area contributed by atoms with Crippen molar-refractivity contribution in [2.75, 3.05) is 13.2 Å². The van der Waals surface area contributed by atoms with Gasteiger partial charge in [0, 0.05) is 5.92 Å². The van der Waals surface area contributed by atoms with Crippen LogP contribution in [-0.4, -0.2) is 29.5 Å². The molecule has 3 nitrogen and oxygen atoms in total. The van der Waals surface area contributed by atoms with Gasteiger partial charge in [0.1, 0.15) is 0 Å². The van der Waals surface area contributed by atoms with Gasteiger partial charge in [0.15, 0.2) is 0 Å². The average molecular weight is 222 g/mol. The summed E-state index contributed by atoms with van der Waals surface area (Å²) < 4.78 is 5.36. The van der Waals surface area contributed by atoms with E-state index in [1.54, 1.807) is 0 Å². The number of hydrogen-bond donors (Lipinski definition) is 2. The van der Waals surface area contributed by atoms with E-state index >= 15 is 0 Å². The summed E-state index contributed by atoms with van der Waals surface area (Å²) in [6.45, 7) is 4.10. The fourth-order valence-corrected chi connectivity index (χ4v) is 1.35. The van der Waals surface area contributed by atoms with Crippen molar-refractivity contribution in [2.24, 2.45) is 5.92 Å². The molecule has 0 heterocycles. The summed E-state index contributed by atoms with van der Waals surface area (Å²) in [6.07, 6.45) is 0.836. The van der Waals surface area contributed by atoms with Crippen molar-refractivity contribution in [1.29, 1.82) is 0 Å². The van der Waals surface area contributed by atoms with Crippen LogP contribution in [0.1, 0.15) is 5.56 Å². The lowest BCUT2D eigenvalue weighted by molar-refractivity contribution is -0.00332. The molecule has 0 saturated carbocycles. The van der Waals surface area contributed by atoms with Crippen LogP contribution >= 0.6 is 0 Å². The maximum absolute atomic E-state index is 9.63. The molecule has 0 aromatic heterocycles. The summed E-state index contributed by atoms with van der Waals surface area (Å²) >= 11 is 0. The van der Waals surface area contributed by atoms with Crippen molar-refractivity contribution in [2.45, 2.75) is 12.7 Å². The molecule has 0 fully saturated rings. The first-order valence-corrected chi connectivity index (χ1v) is 5.31. The molecule has 0 amide bonds. The smallest absolute Gasteiger partial charge is 0.0858 e. The quantitative estimate of drug-likeness (QED) is 0.685. The molecule has 88 valence electrons. The Morgan fingerprint density at radius 3 is 2.56 bits per heavy atom. The third-order valence-corrected chi connectivity index (χ3v) is 2.41. The minimum Gasteiger partial charge on any atom is -0.396 e. The van der Waals surface area contributed by atoms with E-state index in [-0.39, 0.29) is 19.1 Å². The minimum atomic E-state index is -0.703. The molecule has 0 aliphatic rings. The first-order valence-electron chi connectivity index (χ1n) is 5.31. The Hall–Kier alpha value is -1.16. The fourth-order valence-electron chi connectivity index (χ4n) is 1.35. The zero-order valence-corrected chi connectivity index (χ0v) is 9.25. The number of aliphatic hydroxyl groups excluding tert-OH is 2. The van der Waals surface area contributed by atoms with Gasteiger partial charge in [-0.05, 0) is 5.56 Å². The van der Waals surface area contributed by atoms with Gasteiger partial charge in [-0.2, -0.15) is 0 Å². The normalized spacial score (nSPS) is 14.4. The molecule has 1 aromatic rings. The molecule has 2 N–H and O–H groups in total. The molecule has 0 spiro atoms. The highest BCUT2D eigenvalue weighted by Crippen LogP contribution is 2.07. The molecule has 1 aromatic carbocycles. The van der Waals surface area contributed by atoms with Crippen molar-refractivity contribution >= 4 is 0 Å². The van der Waals surface area contributed by atoms with E-state index in [0.29, 0.717) is 6.61 Å². The minimum absolute atomic E-state index is 0.112. The maximum Gasteiger partial charge on any atom is 0.0858 e. The van der Waals surface area contributed by atoms with Crippen LogP contribution in [0.5, 0.6) is 0 Å². The molecule has 0 aliphatic carbocycles. The summed E-state index contributed by atoms with van der Waals surface area (Å²) in [5.74, 6) is -0.323. The molecule has 0 radical (unpaired) electrons. The molecule has 0 aliphatic heterocycles. The number of aliphatic hydroxyl groups is 2. The predicted molar refractivity (Wildman–Crippen MR) is 62.9 cm³/mol. The van der Waals surface area contributed by atoms with E-state index in [4.69, 9.17) is 9.84 Å². The van der Waals surface area contributed by atoms with Crippen molar-refractivity contribution in [3.63, 3.8) is 0 Å². The molecular weight excluding hydrogens is 204 g/mol. The van der Waals surface area contributed by atoms with Gasteiger partial charge in [-0.1, -0.05) is 36.4 Å². The monoisotopic (exact) mass is 222 g/mol. The lowest BCUT2D eigenvalue weighted by Gasteiger charge is -2.17. The lowest BCUT2D eigenvalue weighted by Crippen LogP contribution is -2.26. The summed E-state index contributed by atoms with van der Waals surface area (Å²) in [6, 6.07) is 9.75. The molecule has 1 rings (SSSR count). The summed E-state index contributed by atoms with van der Waals surface area (Å²) in [5.41, 5.74) is 1.06. The average Bonchev–Trinajstić information content (AvgIpc) is 2.32. The second-order valence-corrected chi connectivity index (χ2v) is 3.65. The molecule has 0 saturated heterocycles. The van der Waals surface area contributed by atoms with Crippen LogP contribution in [0.3, 0.4) is 0 Å². The van der Waals surface area contributed by atoms with Crippen molar-refractivity contribution < 1.29 is 14.9 Å². The van der Waals surface area contributed by atoms with Gasteiger partial charge >= 0.3 is 0 Å². The summed E-state index contributed by atoms with van der Waals surface area (Å²) in [7, 11) is 0. The Bertz CT molecular complexity index is 297. The highest BCUT2D eigenvalue weighted by molar-refractivity contribution is 5.13. The van der Waals surface area contributed by atoms with Crippen molar-refractivity contribution in [3.05, 3.63) is 48.6 Å². The topological polar surface area (TPSA) is 49.7 Å². The van der Waals surface area contributed by atoms with E-state index in [1.165, 1.54) is 6.08 Å². The standard InChI is InChI=1S/C13H18O3/c1-2-12(8-14)13(15)10-16-9-11-6-4-3-5-7-11/h2-7,12-15H,1,8-10H2/t12-,13-/m1/s1. The van der Waals surface area contributed by atoms with Crippen LogP contribution in [0.15, 0.2) is 43.0 Å². The lowest BCUT2D eigenvalue weighted by atomic mass is 10.1. The highest BCUT2D eigenvalue weighted by Gasteiger charge is 2.14. The third kappa shape index (κ3) is 4.14. The van der Waals surface area contributed by atoms with Crippen LogP contribution in [-0.2, 0) is 11.3 Å². The Morgan fingerprint density at radius 1 is 1.31 bits per heavy atom. The number of hydrogen-bond acceptors (Lipinski definition) is 3. The van der Waals surface area contributed by atoms with Crippen LogP contribution in [0.4, 0.5) is 0 Å². The summed E-state index contributed by atoms with van der Waals surface area (Å²) in [4.78, 5) is 0. The van der Waals surface area contributed by atoms with Gasteiger partial charge in [0.05, 0.1) is 25.9 Å². The van der Waals surface area contributed by atoms with E-state index in [1.807, 2.05) is 30.3 Å². The maximum atomic E-state index is 9.63. The third-order valence-electron chi connectivity index (χ3n) is 2.41. The number of ether oxygens (including phenoxy) is 1. The zero-order chi connectivity index (χ0) is 11.8. The Labute approximate surface area is 96.0 Å². The molecule has 16 heavy (non-hydrogen) atoms.